The number of rotatable bonds is 6. The standard InChI is InChI=1S/C57H34N4OS/c1-4-15-35(16-5-1)38-28-30-50-47(31-38)41-21-10-12-25-49(41)61(50)40-33-46(36-17-6-2-7-18-36)53-48(34-40)42-29-27-39(32-51(42)62-53)56-58-55(37-19-8-3-9-20-37)59-57(60-56)45-24-14-23-44-43-22-11-13-26-52(43)63-54(44)45/h1-34H. The van der Waals surface area contributed by atoms with Crippen molar-refractivity contribution >= 4 is 75.3 Å². The molecule has 0 radical (unpaired) electrons. The Labute approximate surface area is 365 Å². The Morgan fingerprint density at radius 2 is 1.00 bits per heavy atom. The summed E-state index contributed by atoms with van der Waals surface area (Å²) in [5.41, 5.74) is 12.2. The number of benzene rings is 9. The quantitative estimate of drug-likeness (QED) is 0.168. The molecule has 0 aliphatic rings. The first-order chi connectivity index (χ1) is 31.2. The summed E-state index contributed by atoms with van der Waals surface area (Å²) in [7, 11) is 0. The summed E-state index contributed by atoms with van der Waals surface area (Å²) in [6, 6.07) is 72.7. The van der Waals surface area contributed by atoms with E-state index >= 15 is 0 Å². The number of thiophene rings is 1. The molecule has 5 nitrogen and oxygen atoms in total. The van der Waals surface area contributed by atoms with Gasteiger partial charge in [-0.15, -0.1) is 11.3 Å². The Balaban J connectivity index is 1.01. The van der Waals surface area contributed by atoms with Gasteiger partial charge in [0.25, 0.3) is 0 Å². The van der Waals surface area contributed by atoms with Crippen molar-refractivity contribution in [3.05, 3.63) is 206 Å². The minimum Gasteiger partial charge on any atom is -0.455 e. The maximum Gasteiger partial charge on any atom is 0.165 e. The van der Waals surface area contributed by atoms with Gasteiger partial charge >= 0.3 is 0 Å². The van der Waals surface area contributed by atoms with E-state index in [9.17, 15) is 0 Å². The third-order valence-electron chi connectivity index (χ3n) is 12.3. The molecule has 0 spiro atoms. The van der Waals surface area contributed by atoms with Crippen molar-refractivity contribution in [1.82, 2.24) is 19.5 Å². The van der Waals surface area contributed by atoms with Gasteiger partial charge in [-0.1, -0.05) is 152 Å². The van der Waals surface area contributed by atoms with Crippen LogP contribution in [0.5, 0.6) is 0 Å². The SMILES string of the molecule is c1ccc(-c2ccc3c(c2)c2ccccc2n3-c2cc(-c3ccccc3)c3oc4cc(-c5nc(-c6ccccc6)nc(-c6cccc7c6sc6ccccc67)n5)ccc4c3c2)cc1. The van der Waals surface area contributed by atoms with E-state index in [1.165, 1.54) is 37.4 Å². The van der Waals surface area contributed by atoms with Gasteiger partial charge in [0.15, 0.2) is 17.5 Å². The molecule has 0 aliphatic carbocycles. The maximum absolute atomic E-state index is 6.95. The molecule has 9 aromatic carbocycles. The highest BCUT2D eigenvalue weighted by Gasteiger charge is 2.21. The summed E-state index contributed by atoms with van der Waals surface area (Å²) >= 11 is 1.77. The molecule has 63 heavy (non-hydrogen) atoms. The number of hydrogen-bond acceptors (Lipinski definition) is 5. The minimum atomic E-state index is 0.587. The summed E-state index contributed by atoms with van der Waals surface area (Å²) in [5, 5.41) is 6.92. The molecule has 4 heterocycles. The average Bonchev–Trinajstić information content (AvgIpc) is 4.03. The van der Waals surface area contributed by atoms with E-state index in [1.54, 1.807) is 11.3 Å². The van der Waals surface area contributed by atoms with Gasteiger partial charge in [0, 0.05) is 69.7 Å². The van der Waals surface area contributed by atoms with Crippen molar-refractivity contribution in [3.63, 3.8) is 0 Å². The van der Waals surface area contributed by atoms with Crippen molar-refractivity contribution in [1.29, 1.82) is 0 Å². The van der Waals surface area contributed by atoms with Gasteiger partial charge in [-0.2, -0.15) is 0 Å². The van der Waals surface area contributed by atoms with Gasteiger partial charge < -0.3 is 8.98 Å². The zero-order valence-electron chi connectivity index (χ0n) is 33.7. The highest BCUT2D eigenvalue weighted by atomic mass is 32.1. The maximum atomic E-state index is 6.95. The monoisotopic (exact) mass is 822 g/mol. The number of furan rings is 1. The van der Waals surface area contributed by atoms with Crippen molar-refractivity contribution in [2.75, 3.05) is 0 Å². The summed E-state index contributed by atoms with van der Waals surface area (Å²) < 4.78 is 11.7. The molecule has 0 N–H and O–H groups in total. The summed E-state index contributed by atoms with van der Waals surface area (Å²) in [4.78, 5) is 15.4. The van der Waals surface area contributed by atoms with Crippen LogP contribution in [0.3, 0.4) is 0 Å². The van der Waals surface area contributed by atoms with Crippen molar-refractivity contribution in [2.45, 2.75) is 0 Å². The largest absolute Gasteiger partial charge is 0.455 e. The molecule has 6 heteroatoms. The third-order valence-corrected chi connectivity index (χ3v) is 13.5. The van der Waals surface area contributed by atoms with Crippen LogP contribution in [0.1, 0.15) is 0 Å². The zero-order valence-corrected chi connectivity index (χ0v) is 34.6. The van der Waals surface area contributed by atoms with Crippen LogP contribution in [-0.4, -0.2) is 19.5 Å². The van der Waals surface area contributed by atoms with E-state index in [1.807, 2.05) is 30.3 Å². The number of fused-ring (bicyclic) bond motifs is 9. The molecule has 0 atom stereocenters. The molecule has 0 unspecified atom stereocenters. The first-order valence-electron chi connectivity index (χ1n) is 21.1. The lowest BCUT2D eigenvalue weighted by Gasteiger charge is -2.12. The lowest BCUT2D eigenvalue weighted by Crippen LogP contribution is -2.00. The molecule has 294 valence electrons. The van der Waals surface area contributed by atoms with E-state index in [2.05, 4.69) is 180 Å². The molecule has 0 amide bonds. The predicted molar refractivity (Wildman–Crippen MR) is 262 cm³/mol. The fourth-order valence-electron chi connectivity index (χ4n) is 9.29. The lowest BCUT2D eigenvalue weighted by atomic mass is 10.0. The first kappa shape index (κ1) is 35.6. The van der Waals surface area contributed by atoms with Gasteiger partial charge in [-0.05, 0) is 71.3 Å². The highest BCUT2D eigenvalue weighted by Crippen LogP contribution is 2.43. The van der Waals surface area contributed by atoms with Crippen LogP contribution in [0.2, 0.25) is 0 Å². The predicted octanol–water partition coefficient (Wildman–Crippen LogP) is 15.6. The Bertz CT molecular complexity index is 3910. The zero-order chi connectivity index (χ0) is 41.4. The van der Waals surface area contributed by atoms with Gasteiger partial charge in [0.1, 0.15) is 11.2 Å². The molecular weight excluding hydrogens is 789 g/mol. The summed E-state index contributed by atoms with van der Waals surface area (Å²) in [5.74, 6) is 1.85. The molecule has 0 aliphatic heterocycles. The minimum absolute atomic E-state index is 0.587. The van der Waals surface area contributed by atoms with E-state index in [4.69, 9.17) is 19.4 Å². The molecule has 0 bridgehead atoms. The Morgan fingerprint density at radius 1 is 0.365 bits per heavy atom. The molecule has 0 saturated carbocycles. The van der Waals surface area contributed by atoms with Crippen molar-refractivity contribution in [3.8, 4) is 62.1 Å². The van der Waals surface area contributed by atoms with Crippen LogP contribution in [-0.2, 0) is 0 Å². The molecule has 13 aromatic rings. The van der Waals surface area contributed by atoms with Crippen molar-refractivity contribution < 1.29 is 4.42 Å². The molecule has 13 rings (SSSR count). The normalized spacial score (nSPS) is 11.8. The van der Waals surface area contributed by atoms with Crippen LogP contribution in [0.15, 0.2) is 211 Å². The first-order valence-corrected chi connectivity index (χ1v) is 21.9. The number of para-hydroxylation sites is 1. The second-order valence-corrected chi connectivity index (χ2v) is 17.0. The second-order valence-electron chi connectivity index (χ2n) is 16.0. The number of aromatic nitrogens is 4. The molecule has 0 saturated heterocycles. The van der Waals surface area contributed by atoms with Gasteiger partial charge in [-0.3, -0.25) is 0 Å². The van der Waals surface area contributed by atoms with Crippen molar-refractivity contribution in [2.24, 2.45) is 0 Å². The average molecular weight is 823 g/mol. The lowest BCUT2D eigenvalue weighted by molar-refractivity contribution is 0.670. The smallest absolute Gasteiger partial charge is 0.165 e. The van der Waals surface area contributed by atoms with Gasteiger partial charge in [-0.25, -0.2) is 15.0 Å². The second kappa shape index (κ2) is 14.2. The molecular formula is C57H34N4OS. The fraction of sp³-hybridized carbons (Fsp3) is 0. The van der Waals surface area contributed by atoms with Gasteiger partial charge in [0.2, 0.25) is 0 Å². The summed E-state index contributed by atoms with van der Waals surface area (Å²) in [6.45, 7) is 0. The highest BCUT2D eigenvalue weighted by molar-refractivity contribution is 7.26. The molecule has 0 fully saturated rings. The van der Waals surface area contributed by atoms with Crippen LogP contribution in [0, 0.1) is 0 Å². The van der Waals surface area contributed by atoms with Crippen LogP contribution in [0.4, 0.5) is 0 Å². The Kier molecular flexibility index (Phi) is 8.01. The van der Waals surface area contributed by atoms with E-state index in [0.29, 0.717) is 17.5 Å². The van der Waals surface area contributed by atoms with E-state index in [0.717, 1.165) is 71.2 Å². The van der Waals surface area contributed by atoms with Crippen LogP contribution < -0.4 is 0 Å². The topological polar surface area (TPSA) is 56.7 Å². The third kappa shape index (κ3) is 5.80. The summed E-state index contributed by atoms with van der Waals surface area (Å²) in [6.07, 6.45) is 0. The molecule has 4 aromatic heterocycles. The fourth-order valence-corrected chi connectivity index (χ4v) is 10.5. The van der Waals surface area contributed by atoms with E-state index < -0.39 is 0 Å². The Hall–Kier alpha value is -8.19. The number of hydrogen-bond donors (Lipinski definition) is 0. The number of nitrogens with zero attached hydrogens (tertiary/aromatic N) is 4. The Morgan fingerprint density at radius 3 is 1.81 bits per heavy atom. The van der Waals surface area contributed by atoms with Gasteiger partial charge in [0.05, 0.1) is 11.0 Å². The van der Waals surface area contributed by atoms with Crippen LogP contribution >= 0.6 is 11.3 Å². The van der Waals surface area contributed by atoms with Crippen LogP contribution in [0.25, 0.3) is 126 Å². The van der Waals surface area contributed by atoms with E-state index in [-0.39, 0.29) is 0 Å².